The van der Waals surface area contributed by atoms with Gasteiger partial charge in [-0.25, -0.2) is 4.98 Å². The Balaban J connectivity index is 2.01. The van der Waals surface area contributed by atoms with Gasteiger partial charge in [-0.1, -0.05) is 6.92 Å². The summed E-state index contributed by atoms with van der Waals surface area (Å²) in [5.41, 5.74) is 2.47. The summed E-state index contributed by atoms with van der Waals surface area (Å²) in [7, 11) is 0. The summed E-state index contributed by atoms with van der Waals surface area (Å²) in [6.45, 7) is 5.70. The zero-order valence-corrected chi connectivity index (χ0v) is 13.6. The number of hydrogen-bond acceptors (Lipinski definition) is 4. The Morgan fingerprint density at radius 2 is 1.74 bits per heavy atom. The van der Waals surface area contributed by atoms with Gasteiger partial charge in [0, 0.05) is 17.3 Å². The minimum absolute atomic E-state index is 0.00561. The van der Waals surface area contributed by atoms with Crippen molar-refractivity contribution in [3.63, 3.8) is 0 Å². The minimum atomic E-state index is -0.282. The van der Waals surface area contributed by atoms with Crippen LogP contribution < -0.4 is 10.6 Å². The molecule has 120 valence electrons. The Bertz CT molecular complexity index is 678. The second-order valence-corrected chi connectivity index (χ2v) is 5.47. The third-order valence-corrected chi connectivity index (χ3v) is 3.57. The molecule has 0 aliphatic rings. The Kier molecular flexibility index (Phi) is 5.46. The van der Waals surface area contributed by atoms with E-state index in [2.05, 4.69) is 29.5 Å². The summed E-state index contributed by atoms with van der Waals surface area (Å²) in [4.78, 5) is 27.6. The van der Waals surface area contributed by atoms with Crippen molar-refractivity contribution in [3.8, 4) is 0 Å². The van der Waals surface area contributed by atoms with Gasteiger partial charge in [-0.05, 0) is 56.7 Å². The van der Waals surface area contributed by atoms with Gasteiger partial charge in [-0.3, -0.25) is 9.59 Å². The fourth-order valence-electron chi connectivity index (χ4n) is 1.98. The van der Waals surface area contributed by atoms with Crippen molar-refractivity contribution in [1.29, 1.82) is 0 Å². The first-order chi connectivity index (χ1) is 11.0. The second-order valence-electron chi connectivity index (χ2n) is 5.47. The lowest BCUT2D eigenvalue weighted by Crippen LogP contribution is -2.16. The molecule has 0 saturated carbocycles. The zero-order valence-electron chi connectivity index (χ0n) is 13.6. The van der Waals surface area contributed by atoms with Crippen LogP contribution in [0.3, 0.4) is 0 Å². The van der Waals surface area contributed by atoms with Crippen LogP contribution in [0.4, 0.5) is 11.4 Å². The number of amides is 1. The first kappa shape index (κ1) is 16.7. The maximum atomic E-state index is 12.2. The number of anilines is 2. The molecular formula is C18H21N3O2. The van der Waals surface area contributed by atoms with Crippen LogP contribution in [0.2, 0.25) is 0 Å². The van der Waals surface area contributed by atoms with Crippen LogP contribution in [0.5, 0.6) is 0 Å². The van der Waals surface area contributed by atoms with Crippen LogP contribution in [-0.4, -0.2) is 22.7 Å². The van der Waals surface area contributed by atoms with E-state index in [0.717, 1.165) is 12.1 Å². The summed E-state index contributed by atoms with van der Waals surface area (Å²) in [5, 5.41) is 6.06. The molecular weight excluding hydrogens is 290 g/mol. The number of nitrogens with zero attached hydrogens (tertiary/aromatic N) is 1. The van der Waals surface area contributed by atoms with E-state index in [9.17, 15) is 9.59 Å². The standard InChI is InChI=1S/C18H21N3O2/c1-4-12(2)20-16-9-10-17(19-11-16)18(23)21-15-7-5-14(6-8-15)13(3)22/h5-12,20H,4H2,1-3H3,(H,21,23). The SMILES string of the molecule is CCC(C)Nc1ccc(C(=O)Nc2ccc(C(C)=O)cc2)nc1. The predicted molar refractivity (Wildman–Crippen MR) is 92.0 cm³/mol. The molecule has 0 aliphatic carbocycles. The maximum Gasteiger partial charge on any atom is 0.274 e. The highest BCUT2D eigenvalue weighted by Crippen LogP contribution is 2.13. The highest BCUT2D eigenvalue weighted by atomic mass is 16.2. The molecule has 2 aromatic rings. The summed E-state index contributed by atoms with van der Waals surface area (Å²) >= 11 is 0. The fraction of sp³-hybridized carbons (Fsp3) is 0.278. The van der Waals surface area contributed by atoms with Crippen LogP contribution in [0.1, 0.15) is 48.0 Å². The van der Waals surface area contributed by atoms with Gasteiger partial charge < -0.3 is 10.6 Å². The van der Waals surface area contributed by atoms with Crippen LogP contribution in [0.25, 0.3) is 0 Å². The van der Waals surface area contributed by atoms with Gasteiger partial charge in [-0.15, -0.1) is 0 Å². The Hall–Kier alpha value is -2.69. The molecule has 5 nitrogen and oxygen atoms in total. The third kappa shape index (κ3) is 4.64. The van der Waals surface area contributed by atoms with Gasteiger partial charge in [-0.2, -0.15) is 0 Å². The molecule has 23 heavy (non-hydrogen) atoms. The highest BCUT2D eigenvalue weighted by Gasteiger charge is 2.08. The van der Waals surface area contributed by atoms with Crippen LogP contribution >= 0.6 is 0 Å². The van der Waals surface area contributed by atoms with E-state index in [4.69, 9.17) is 0 Å². The largest absolute Gasteiger partial charge is 0.381 e. The smallest absolute Gasteiger partial charge is 0.274 e. The number of aromatic nitrogens is 1. The average molecular weight is 311 g/mol. The molecule has 1 amide bonds. The van der Waals surface area contributed by atoms with Crippen LogP contribution in [0.15, 0.2) is 42.6 Å². The quantitative estimate of drug-likeness (QED) is 0.797. The van der Waals surface area contributed by atoms with Crippen LogP contribution in [0, 0.1) is 0 Å². The number of Topliss-reactive ketones (excluding diaryl/α,β-unsaturated/α-hetero) is 1. The Morgan fingerprint density at radius 1 is 1.09 bits per heavy atom. The summed E-state index contributed by atoms with van der Waals surface area (Å²) in [6, 6.07) is 10.7. The lowest BCUT2D eigenvalue weighted by atomic mass is 10.1. The molecule has 1 heterocycles. The number of ketones is 1. The molecule has 2 rings (SSSR count). The molecule has 2 N–H and O–H groups in total. The molecule has 0 fully saturated rings. The molecule has 0 saturated heterocycles. The van der Waals surface area contributed by atoms with Crippen molar-refractivity contribution in [2.45, 2.75) is 33.2 Å². The minimum Gasteiger partial charge on any atom is -0.381 e. The normalized spacial score (nSPS) is 11.6. The number of carbonyl (C=O) groups is 2. The molecule has 0 bridgehead atoms. The first-order valence-corrected chi connectivity index (χ1v) is 7.64. The number of nitrogens with one attached hydrogen (secondary N) is 2. The lowest BCUT2D eigenvalue weighted by molar-refractivity contribution is 0.101. The van der Waals surface area contributed by atoms with E-state index in [1.165, 1.54) is 6.92 Å². The van der Waals surface area contributed by atoms with Gasteiger partial charge in [0.15, 0.2) is 5.78 Å². The lowest BCUT2D eigenvalue weighted by Gasteiger charge is -2.12. The summed E-state index contributed by atoms with van der Waals surface area (Å²) in [6.07, 6.45) is 2.67. The zero-order chi connectivity index (χ0) is 16.8. The molecule has 0 radical (unpaired) electrons. The molecule has 0 aliphatic heterocycles. The maximum absolute atomic E-state index is 12.2. The highest BCUT2D eigenvalue weighted by molar-refractivity contribution is 6.03. The van der Waals surface area contributed by atoms with Gasteiger partial charge in [0.05, 0.1) is 11.9 Å². The van der Waals surface area contributed by atoms with Gasteiger partial charge >= 0.3 is 0 Å². The van der Waals surface area contributed by atoms with Crippen molar-refractivity contribution < 1.29 is 9.59 Å². The van der Waals surface area contributed by atoms with E-state index in [1.807, 2.05) is 6.07 Å². The first-order valence-electron chi connectivity index (χ1n) is 7.64. The van der Waals surface area contributed by atoms with Crippen molar-refractivity contribution in [1.82, 2.24) is 4.98 Å². The molecule has 5 heteroatoms. The summed E-state index contributed by atoms with van der Waals surface area (Å²) < 4.78 is 0. The van der Waals surface area contributed by atoms with Crippen molar-refractivity contribution in [2.75, 3.05) is 10.6 Å². The monoisotopic (exact) mass is 311 g/mol. The van der Waals surface area contributed by atoms with E-state index < -0.39 is 0 Å². The number of benzene rings is 1. The molecule has 0 spiro atoms. The van der Waals surface area contributed by atoms with E-state index in [1.54, 1.807) is 36.5 Å². The van der Waals surface area contributed by atoms with Gasteiger partial charge in [0.1, 0.15) is 5.69 Å². The molecule has 1 unspecified atom stereocenters. The topological polar surface area (TPSA) is 71.1 Å². The van der Waals surface area contributed by atoms with Crippen LogP contribution in [-0.2, 0) is 0 Å². The van der Waals surface area contributed by atoms with E-state index in [-0.39, 0.29) is 11.7 Å². The Labute approximate surface area is 136 Å². The predicted octanol–water partition coefficient (Wildman–Crippen LogP) is 3.75. The molecule has 1 aromatic heterocycles. The van der Waals surface area contributed by atoms with Crippen molar-refractivity contribution in [2.24, 2.45) is 0 Å². The van der Waals surface area contributed by atoms with Gasteiger partial charge in [0.2, 0.25) is 0 Å². The average Bonchev–Trinajstić information content (AvgIpc) is 2.55. The van der Waals surface area contributed by atoms with Crippen molar-refractivity contribution in [3.05, 3.63) is 53.9 Å². The fourth-order valence-corrected chi connectivity index (χ4v) is 1.98. The second kappa shape index (κ2) is 7.54. The van der Waals surface area contributed by atoms with E-state index >= 15 is 0 Å². The number of hydrogen-bond donors (Lipinski definition) is 2. The third-order valence-electron chi connectivity index (χ3n) is 3.57. The molecule has 1 aromatic carbocycles. The number of pyridine rings is 1. The number of carbonyl (C=O) groups excluding carboxylic acids is 2. The molecule has 1 atom stereocenters. The van der Waals surface area contributed by atoms with Gasteiger partial charge in [0.25, 0.3) is 5.91 Å². The number of rotatable bonds is 6. The van der Waals surface area contributed by atoms with E-state index in [0.29, 0.717) is 23.0 Å². The van der Waals surface area contributed by atoms with Crippen molar-refractivity contribution >= 4 is 23.1 Å². The summed E-state index contributed by atoms with van der Waals surface area (Å²) in [5.74, 6) is -0.287. The Morgan fingerprint density at radius 3 is 2.26 bits per heavy atom.